The van der Waals surface area contributed by atoms with Gasteiger partial charge >= 0.3 is 5.91 Å². The zero-order valence-corrected chi connectivity index (χ0v) is 8.24. The second-order valence-electron chi connectivity index (χ2n) is 3.34. The first-order valence-electron chi connectivity index (χ1n) is 4.44. The van der Waals surface area contributed by atoms with Crippen molar-refractivity contribution in [3.05, 3.63) is 29.8 Å². The van der Waals surface area contributed by atoms with Crippen LogP contribution in [-0.4, -0.2) is 5.91 Å². The number of anilines is 1. The van der Waals surface area contributed by atoms with Crippen molar-refractivity contribution in [2.24, 2.45) is 0 Å². The van der Waals surface area contributed by atoms with E-state index in [9.17, 15) is 4.79 Å². The number of hydrogen-bond donors (Lipinski definition) is 1. The Morgan fingerprint density at radius 1 is 1.36 bits per heavy atom. The minimum absolute atomic E-state index is 0.468. The number of benzene rings is 1. The number of amides is 1. The summed E-state index contributed by atoms with van der Waals surface area (Å²) in [5.74, 6) is -0.169. The van der Waals surface area contributed by atoms with Crippen molar-refractivity contribution >= 4 is 11.6 Å². The van der Waals surface area contributed by atoms with Crippen molar-refractivity contribution in [1.29, 1.82) is 5.26 Å². The molecule has 0 aliphatic heterocycles. The standard InChI is InChI=1S/C11H12N2O/c1-8(2)9-3-5-10(6-4-9)13-11(14)7-12/h3-6,8H,1-2H3,(H,13,14). The van der Waals surface area contributed by atoms with Gasteiger partial charge in [-0.05, 0) is 23.6 Å². The highest BCUT2D eigenvalue weighted by Gasteiger charge is 2.01. The molecule has 72 valence electrons. The molecule has 3 nitrogen and oxygen atoms in total. The summed E-state index contributed by atoms with van der Waals surface area (Å²) < 4.78 is 0. The lowest BCUT2D eigenvalue weighted by Gasteiger charge is -2.06. The summed E-state index contributed by atoms with van der Waals surface area (Å²) >= 11 is 0. The molecule has 0 fully saturated rings. The maximum atomic E-state index is 10.7. The van der Waals surface area contributed by atoms with Crippen LogP contribution in [0.3, 0.4) is 0 Å². The first-order valence-corrected chi connectivity index (χ1v) is 4.44. The quantitative estimate of drug-likeness (QED) is 0.724. The average Bonchev–Trinajstić information content (AvgIpc) is 2.18. The average molecular weight is 188 g/mol. The first-order chi connectivity index (χ1) is 6.63. The van der Waals surface area contributed by atoms with Gasteiger partial charge in [-0.2, -0.15) is 5.26 Å². The minimum Gasteiger partial charge on any atom is -0.313 e. The molecule has 1 rings (SSSR count). The molecule has 0 radical (unpaired) electrons. The number of nitriles is 1. The third-order valence-electron chi connectivity index (χ3n) is 1.94. The van der Waals surface area contributed by atoms with Crippen LogP contribution in [0.15, 0.2) is 24.3 Å². The molecular weight excluding hydrogens is 176 g/mol. The molecule has 14 heavy (non-hydrogen) atoms. The van der Waals surface area contributed by atoms with E-state index < -0.39 is 5.91 Å². The van der Waals surface area contributed by atoms with Gasteiger partial charge in [0.15, 0.2) is 6.07 Å². The van der Waals surface area contributed by atoms with Gasteiger partial charge in [-0.1, -0.05) is 26.0 Å². The normalized spacial score (nSPS) is 9.57. The van der Waals surface area contributed by atoms with Crippen LogP contribution in [0.2, 0.25) is 0 Å². The smallest absolute Gasteiger partial charge is 0.313 e. The molecule has 1 aromatic rings. The van der Waals surface area contributed by atoms with E-state index in [-0.39, 0.29) is 0 Å². The highest BCUT2D eigenvalue weighted by molar-refractivity contribution is 6.02. The molecule has 0 spiro atoms. The van der Waals surface area contributed by atoms with Gasteiger partial charge in [-0.15, -0.1) is 0 Å². The number of carbonyl (C=O) groups excluding carboxylic acids is 1. The first kappa shape index (κ1) is 10.3. The van der Waals surface area contributed by atoms with Crippen LogP contribution in [-0.2, 0) is 4.79 Å². The minimum atomic E-state index is -0.637. The van der Waals surface area contributed by atoms with Gasteiger partial charge in [0, 0.05) is 5.69 Å². The lowest BCUT2D eigenvalue weighted by atomic mass is 10.0. The van der Waals surface area contributed by atoms with E-state index in [2.05, 4.69) is 19.2 Å². The fraction of sp³-hybridized carbons (Fsp3) is 0.273. The van der Waals surface area contributed by atoms with E-state index >= 15 is 0 Å². The van der Waals surface area contributed by atoms with E-state index in [0.29, 0.717) is 11.6 Å². The predicted molar refractivity (Wildman–Crippen MR) is 54.8 cm³/mol. The molecule has 0 saturated heterocycles. The summed E-state index contributed by atoms with van der Waals surface area (Å²) in [4.78, 5) is 10.7. The fourth-order valence-corrected chi connectivity index (χ4v) is 1.11. The molecule has 1 amide bonds. The van der Waals surface area contributed by atoms with Gasteiger partial charge in [-0.25, -0.2) is 0 Å². The Labute approximate surface area is 83.4 Å². The van der Waals surface area contributed by atoms with E-state index in [1.54, 1.807) is 12.1 Å². The molecule has 1 N–H and O–H groups in total. The Morgan fingerprint density at radius 2 is 1.93 bits per heavy atom. The lowest BCUT2D eigenvalue weighted by Crippen LogP contribution is -2.07. The topological polar surface area (TPSA) is 52.9 Å². The highest BCUT2D eigenvalue weighted by atomic mass is 16.1. The van der Waals surface area contributed by atoms with Gasteiger partial charge in [-0.3, -0.25) is 4.79 Å². The van der Waals surface area contributed by atoms with E-state index in [0.717, 1.165) is 0 Å². The van der Waals surface area contributed by atoms with Gasteiger partial charge in [0.25, 0.3) is 0 Å². The fourth-order valence-electron chi connectivity index (χ4n) is 1.11. The molecule has 0 aliphatic carbocycles. The van der Waals surface area contributed by atoms with Crippen LogP contribution in [0.25, 0.3) is 0 Å². The Bertz CT molecular complexity index is 360. The van der Waals surface area contributed by atoms with Crippen LogP contribution in [0.1, 0.15) is 25.3 Å². The maximum Gasteiger partial charge on any atom is 0.326 e. The molecule has 0 heterocycles. The lowest BCUT2D eigenvalue weighted by molar-refractivity contribution is -0.111. The van der Waals surface area contributed by atoms with Crippen molar-refractivity contribution in [3.8, 4) is 6.07 Å². The molecule has 0 aliphatic rings. The van der Waals surface area contributed by atoms with Crippen LogP contribution in [0.4, 0.5) is 5.69 Å². The summed E-state index contributed by atoms with van der Waals surface area (Å²) in [5, 5.41) is 10.7. The molecular formula is C11H12N2O. The molecule has 0 bridgehead atoms. The Morgan fingerprint density at radius 3 is 2.36 bits per heavy atom. The van der Waals surface area contributed by atoms with Crippen LogP contribution >= 0.6 is 0 Å². The highest BCUT2D eigenvalue weighted by Crippen LogP contribution is 2.16. The Hall–Kier alpha value is -1.82. The Balaban J connectivity index is 2.75. The van der Waals surface area contributed by atoms with Crippen molar-refractivity contribution in [2.75, 3.05) is 5.32 Å². The molecule has 0 saturated carbocycles. The number of nitrogens with zero attached hydrogens (tertiary/aromatic N) is 1. The van der Waals surface area contributed by atoms with Gasteiger partial charge in [0.1, 0.15) is 0 Å². The zero-order valence-electron chi connectivity index (χ0n) is 8.24. The van der Waals surface area contributed by atoms with Gasteiger partial charge < -0.3 is 5.32 Å². The molecule has 0 atom stereocenters. The van der Waals surface area contributed by atoms with Gasteiger partial charge in [0.2, 0.25) is 0 Å². The van der Waals surface area contributed by atoms with Crippen LogP contribution in [0.5, 0.6) is 0 Å². The van der Waals surface area contributed by atoms with Crippen LogP contribution in [0, 0.1) is 11.3 Å². The van der Waals surface area contributed by atoms with Crippen molar-refractivity contribution in [3.63, 3.8) is 0 Å². The third kappa shape index (κ3) is 2.60. The largest absolute Gasteiger partial charge is 0.326 e. The van der Waals surface area contributed by atoms with E-state index in [1.165, 1.54) is 11.6 Å². The number of carbonyl (C=O) groups is 1. The van der Waals surface area contributed by atoms with Crippen molar-refractivity contribution in [2.45, 2.75) is 19.8 Å². The summed E-state index contributed by atoms with van der Waals surface area (Å²) in [5.41, 5.74) is 1.86. The number of hydrogen-bond acceptors (Lipinski definition) is 2. The van der Waals surface area contributed by atoms with E-state index in [1.807, 2.05) is 12.1 Å². The molecule has 0 aromatic heterocycles. The third-order valence-corrected chi connectivity index (χ3v) is 1.94. The molecule has 3 heteroatoms. The second kappa shape index (κ2) is 4.43. The number of nitrogens with one attached hydrogen (secondary N) is 1. The second-order valence-corrected chi connectivity index (χ2v) is 3.34. The van der Waals surface area contributed by atoms with Crippen molar-refractivity contribution in [1.82, 2.24) is 0 Å². The predicted octanol–water partition coefficient (Wildman–Crippen LogP) is 2.27. The van der Waals surface area contributed by atoms with Crippen molar-refractivity contribution < 1.29 is 4.79 Å². The summed E-state index contributed by atoms with van der Waals surface area (Å²) in [6, 6.07) is 8.98. The summed E-state index contributed by atoms with van der Waals surface area (Å²) in [6.07, 6.45) is 0. The Kier molecular flexibility index (Phi) is 3.24. The monoisotopic (exact) mass is 188 g/mol. The van der Waals surface area contributed by atoms with E-state index in [4.69, 9.17) is 5.26 Å². The zero-order chi connectivity index (χ0) is 10.6. The summed E-state index contributed by atoms with van der Waals surface area (Å²) in [6.45, 7) is 4.20. The molecule has 1 aromatic carbocycles. The van der Waals surface area contributed by atoms with Crippen LogP contribution < -0.4 is 5.32 Å². The SMILES string of the molecule is CC(C)c1ccc(NC(=O)C#N)cc1. The molecule has 0 unspecified atom stereocenters. The summed E-state index contributed by atoms with van der Waals surface area (Å²) in [7, 11) is 0. The maximum absolute atomic E-state index is 10.7. The number of rotatable bonds is 2. The van der Waals surface area contributed by atoms with Gasteiger partial charge in [0.05, 0.1) is 0 Å².